The van der Waals surface area contributed by atoms with Crippen LogP contribution in [-0.4, -0.2) is 67.1 Å². The fourth-order valence-electron chi connectivity index (χ4n) is 3.54. The van der Waals surface area contributed by atoms with Gasteiger partial charge in [0.25, 0.3) is 5.91 Å². The number of hydrogen-bond acceptors (Lipinski definition) is 6. The zero-order chi connectivity index (χ0) is 20.5. The number of benzene rings is 1. The van der Waals surface area contributed by atoms with Crippen molar-refractivity contribution in [3.8, 4) is 5.75 Å². The first-order valence-electron chi connectivity index (χ1n) is 10.5. The third kappa shape index (κ3) is 6.30. The van der Waals surface area contributed by atoms with E-state index in [1.807, 2.05) is 24.3 Å². The van der Waals surface area contributed by atoms with Crippen LogP contribution in [0.4, 0.5) is 0 Å². The van der Waals surface area contributed by atoms with Crippen LogP contribution in [0.3, 0.4) is 0 Å². The topological polar surface area (TPSA) is 70.8 Å². The van der Waals surface area contributed by atoms with Gasteiger partial charge in [-0.1, -0.05) is 31.5 Å². The van der Waals surface area contributed by atoms with E-state index < -0.39 is 0 Å². The molecule has 3 rings (SSSR count). The van der Waals surface area contributed by atoms with Crippen LogP contribution in [0, 0.1) is 0 Å². The molecule has 1 aromatic carbocycles. The molecule has 1 aliphatic rings. The lowest BCUT2D eigenvalue weighted by atomic mass is 10.1. The summed E-state index contributed by atoms with van der Waals surface area (Å²) >= 11 is 0. The van der Waals surface area contributed by atoms with Crippen LogP contribution in [0.15, 0.2) is 34.9 Å². The summed E-state index contributed by atoms with van der Waals surface area (Å²) in [7, 11) is 1.65. The quantitative estimate of drug-likeness (QED) is 0.661. The molecule has 1 amide bonds. The molecule has 0 atom stereocenters. The second kappa shape index (κ2) is 11.0. The molecule has 1 saturated heterocycles. The van der Waals surface area contributed by atoms with Crippen LogP contribution < -0.4 is 10.1 Å². The number of unbranched alkanes of at least 4 members (excludes halogenated alkanes) is 1. The lowest BCUT2D eigenvalue weighted by Crippen LogP contribution is -2.46. The monoisotopic (exact) mass is 400 g/mol. The average molecular weight is 401 g/mol. The zero-order valence-electron chi connectivity index (χ0n) is 17.5. The molecule has 0 aliphatic carbocycles. The summed E-state index contributed by atoms with van der Waals surface area (Å²) in [5, 5.41) is 2.90. The van der Waals surface area contributed by atoms with E-state index in [2.05, 4.69) is 27.0 Å². The Morgan fingerprint density at radius 2 is 1.97 bits per heavy atom. The van der Waals surface area contributed by atoms with Gasteiger partial charge in [0.15, 0.2) is 5.69 Å². The van der Waals surface area contributed by atoms with Crippen LogP contribution >= 0.6 is 0 Å². The van der Waals surface area contributed by atoms with Gasteiger partial charge in [-0.05, 0) is 31.0 Å². The van der Waals surface area contributed by atoms with E-state index in [0.29, 0.717) is 31.1 Å². The molecule has 1 fully saturated rings. The molecule has 2 heterocycles. The van der Waals surface area contributed by atoms with E-state index >= 15 is 0 Å². The molecule has 29 heavy (non-hydrogen) atoms. The van der Waals surface area contributed by atoms with Crippen LogP contribution in [0.1, 0.15) is 41.7 Å². The van der Waals surface area contributed by atoms with Crippen molar-refractivity contribution in [3.63, 3.8) is 0 Å². The third-order valence-electron chi connectivity index (χ3n) is 5.31. The van der Waals surface area contributed by atoms with Crippen LogP contribution in [0.2, 0.25) is 0 Å². The van der Waals surface area contributed by atoms with Gasteiger partial charge in [0.05, 0.1) is 13.7 Å². The Morgan fingerprint density at radius 1 is 1.21 bits per heavy atom. The summed E-state index contributed by atoms with van der Waals surface area (Å²) in [6.07, 6.45) is 4.64. The second-order valence-corrected chi connectivity index (χ2v) is 7.42. The normalized spacial score (nSPS) is 15.4. The molecular formula is C22H32N4O3. The van der Waals surface area contributed by atoms with E-state index in [1.165, 1.54) is 25.6 Å². The highest BCUT2D eigenvalue weighted by Gasteiger charge is 2.19. The molecule has 0 unspecified atom stereocenters. The molecule has 7 heteroatoms. The predicted octanol–water partition coefficient (Wildman–Crippen LogP) is 2.57. The fourth-order valence-corrected chi connectivity index (χ4v) is 3.54. The maximum absolute atomic E-state index is 12.4. The maximum atomic E-state index is 12.4. The number of amides is 1. The molecule has 1 aromatic heterocycles. The number of nitrogens with zero attached hydrogens (tertiary/aromatic N) is 3. The van der Waals surface area contributed by atoms with Gasteiger partial charge in [-0.3, -0.25) is 9.69 Å². The molecular weight excluding hydrogens is 368 g/mol. The second-order valence-electron chi connectivity index (χ2n) is 7.42. The van der Waals surface area contributed by atoms with Gasteiger partial charge in [-0.15, -0.1) is 0 Å². The molecule has 0 bridgehead atoms. The number of methoxy groups -OCH3 is 1. The van der Waals surface area contributed by atoms with Gasteiger partial charge >= 0.3 is 0 Å². The largest absolute Gasteiger partial charge is 0.496 e. The van der Waals surface area contributed by atoms with Crippen LogP contribution in [0.25, 0.3) is 0 Å². The zero-order valence-corrected chi connectivity index (χ0v) is 17.5. The van der Waals surface area contributed by atoms with Crippen molar-refractivity contribution >= 4 is 5.91 Å². The predicted molar refractivity (Wildman–Crippen MR) is 112 cm³/mol. The first-order valence-corrected chi connectivity index (χ1v) is 10.5. The van der Waals surface area contributed by atoms with Gasteiger partial charge in [-0.25, -0.2) is 4.98 Å². The van der Waals surface area contributed by atoms with Crippen molar-refractivity contribution < 1.29 is 13.9 Å². The van der Waals surface area contributed by atoms with Gasteiger partial charge in [-0.2, -0.15) is 0 Å². The minimum absolute atomic E-state index is 0.209. The van der Waals surface area contributed by atoms with Crippen molar-refractivity contribution in [1.29, 1.82) is 0 Å². The lowest BCUT2D eigenvalue weighted by Gasteiger charge is -2.33. The van der Waals surface area contributed by atoms with Gasteiger partial charge in [0.2, 0.25) is 5.89 Å². The van der Waals surface area contributed by atoms with Gasteiger partial charge in [0.1, 0.15) is 12.0 Å². The molecule has 0 spiro atoms. The number of carbonyl (C=O) groups is 1. The Morgan fingerprint density at radius 3 is 2.72 bits per heavy atom. The molecule has 158 valence electrons. The number of rotatable bonds is 10. The first kappa shape index (κ1) is 21.3. The van der Waals surface area contributed by atoms with Crippen molar-refractivity contribution in [2.24, 2.45) is 0 Å². The van der Waals surface area contributed by atoms with Crippen LogP contribution in [0.5, 0.6) is 5.75 Å². The molecule has 0 saturated carbocycles. The number of aromatic nitrogens is 1. The molecule has 2 aromatic rings. The fraction of sp³-hybridized carbons (Fsp3) is 0.545. The Hall–Kier alpha value is -2.38. The number of carbonyl (C=O) groups excluding carboxylic acids is 1. The molecule has 1 N–H and O–H groups in total. The van der Waals surface area contributed by atoms with Crippen molar-refractivity contribution in [2.75, 3.05) is 46.4 Å². The number of hydrogen-bond donors (Lipinski definition) is 1. The maximum Gasteiger partial charge on any atom is 0.273 e. The Kier molecular flexibility index (Phi) is 8.07. The minimum Gasteiger partial charge on any atom is -0.496 e. The van der Waals surface area contributed by atoms with E-state index in [1.54, 1.807) is 7.11 Å². The highest BCUT2D eigenvalue weighted by Crippen LogP contribution is 2.17. The highest BCUT2D eigenvalue weighted by molar-refractivity contribution is 5.91. The smallest absolute Gasteiger partial charge is 0.273 e. The van der Waals surface area contributed by atoms with E-state index in [-0.39, 0.29) is 5.91 Å². The number of oxazole rings is 1. The summed E-state index contributed by atoms with van der Waals surface area (Å²) in [5.41, 5.74) is 1.40. The third-order valence-corrected chi connectivity index (χ3v) is 5.31. The highest BCUT2D eigenvalue weighted by atomic mass is 16.5. The van der Waals surface area contributed by atoms with Crippen molar-refractivity contribution in [3.05, 3.63) is 47.7 Å². The number of para-hydroxylation sites is 1. The van der Waals surface area contributed by atoms with Gasteiger partial charge in [0, 0.05) is 32.7 Å². The summed E-state index contributed by atoms with van der Waals surface area (Å²) in [6, 6.07) is 7.82. The summed E-state index contributed by atoms with van der Waals surface area (Å²) in [5.74, 6) is 1.22. The average Bonchev–Trinajstić information content (AvgIpc) is 3.22. The first-order chi connectivity index (χ1) is 14.2. The standard InChI is InChI=1S/C22H32N4O3/c1-3-4-11-25-12-14-26(15-13-25)16-21-24-19(17-29-21)22(27)23-10-9-18-7-5-6-8-20(18)28-2/h5-8,17H,3-4,9-16H2,1-2H3,(H,23,27). The summed E-state index contributed by atoms with van der Waals surface area (Å²) in [4.78, 5) is 21.6. The number of nitrogens with one attached hydrogen (secondary N) is 1. The number of piperazine rings is 1. The molecule has 7 nitrogen and oxygen atoms in total. The van der Waals surface area contributed by atoms with E-state index in [9.17, 15) is 4.79 Å². The van der Waals surface area contributed by atoms with Crippen molar-refractivity contribution in [1.82, 2.24) is 20.1 Å². The Bertz CT molecular complexity index is 769. The van der Waals surface area contributed by atoms with E-state index in [4.69, 9.17) is 9.15 Å². The van der Waals surface area contributed by atoms with Gasteiger partial charge < -0.3 is 19.4 Å². The van der Waals surface area contributed by atoms with E-state index in [0.717, 1.165) is 37.5 Å². The Balaban J connectivity index is 1.42. The minimum atomic E-state index is -0.209. The summed E-state index contributed by atoms with van der Waals surface area (Å²) < 4.78 is 10.9. The Labute approximate surface area is 173 Å². The van der Waals surface area contributed by atoms with Crippen LogP contribution in [-0.2, 0) is 13.0 Å². The lowest BCUT2D eigenvalue weighted by molar-refractivity contribution is 0.0948. The van der Waals surface area contributed by atoms with Crippen molar-refractivity contribution in [2.45, 2.75) is 32.7 Å². The number of ether oxygens (including phenoxy) is 1. The molecule has 0 radical (unpaired) electrons. The SMILES string of the molecule is CCCCN1CCN(Cc2nc(C(=O)NCCc3ccccc3OC)co2)CC1. The molecule has 1 aliphatic heterocycles. The summed E-state index contributed by atoms with van der Waals surface area (Å²) in [6.45, 7) is 8.75.